The lowest BCUT2D eigenvalue weighted by molar-refractivity contribution is -0.209. The number of allylic oxidation sites excluding steroid dienone is 1. The van der Waals surface area contributed by atoms with Crippen LogP contribution in [0.3, 0.4) is 0 Å². The van der Waals surface area contributed by atoms with Crippen molar-refractivity contribution >= 4 is 0 Å². The second-order valence-corrected chi connectivity index (χ2v) is 9.40. The number of aliphatic hydroxyl groups is 1. The molecule has 0 unspecified atom stereocenters. The standard InChI is InChI=1S/C20H29NO/c1-18(2)8-4-9-19(3)15-6-5-13(12-21)14-7-10-20(14,15)17(22)11-16(18)19/h7,10,13-17,22H,4-6,8-9,11H2,1-3H3/t13-,14-,15-,16+,17-,19-,20+/m1/s1. The molecule has 3 fully saturated rings. The maximum absolute atomic E-state index is 11.1. The molecule has 0 bridgehead atoms. The van der Waals surface area contributed by atoms with Crippen LogP contribution in [-0.2, 0) is 0 Å². The number of aliphatic hydroxyl groups excluding tert-OH is 1. The zero-order chi connectivity index (χ0) is 15.8. The third-order valence-corrected chi connectivity index (χ3v) is 8.25. The van der Waals surface area contributed by atoms with E-state index in [1.54, 1.807) is 0 Å². The minimum Gasteiger partial charge on any atom is -0.392 e. The van der Waals surface area contributed by atoms with E-state index in [0.29, 0.717) is 28.6 Å². The molecule has 2 nitrogen and oxygen atoms in total. The first-order chi connectivity index (χ1) is 10.4. The van der Waals surface area contributed by atoms with E-state index in [1.165, 1.54) is 19.3 Å². The van der Waals surface area contributed by atoms with Crippen molar-refractivity contribution in [1.82, 2.24) is 0 Å². The third-order valence-electron chi connectivity index (χ3n) is 8.25. The van der Waals surface area contributed by atoms with E-state index in [0.717, 1.165) is 19.3 Å². The molecule has 0 aliphatic heterocycles. The lowest BCUT2D eigenvalue weighted by atomic mass is 9.35. The van der Waals surface area contributed by atoms with Gasteiger partial charge in [0.15, 0.2) is 0 Å². The summed E-state index contributed by atoms with van der Waals surface area (Å²) in [7, 11) is 0. The van der Waals surface area contributed by atoms with E-state index >= 15 is 0 Å². The molecule has 3 saturated carbocycles. The molecule has 4 rings (SSSR count). The Hall–Kier alpha value is -0.810. The van der Waals surface area contributed by atoms with Crippen LogP contribution in [0.1, 0.15) is 59.3 Å². The van der Waals surface area contributed by atoms with E-state index < -0.39 is 0 Å². The highest BCUT2D eigenvalue weighted by Crippen LogP contribution is 2.71. The Morgan fingerprint density at radius 2 is 1.91 bits per heavy atom. The Kier molecular flexibility index (Phi) is 2.94. The molecule has 7 atom stereocenters. The van der Waals surface area contributed by atoms with Crippen LogP contribution >= 0.6 is 0 Å². The second kappa shape index (κ2) is 4.38. The summed E-state index contributed by atoms with van der Waals surface area (Å²) in [5.41, 5.74) is 0.590. The smallest absolute Gasteiger partial charge is 0.0662 e. The van der Waals surface area contributed by atoms with Gasteiger partial charge in [0, 0.05) is 11.3 Å². The topological polar surface area (TPSA) is 44.0 Å². The molecular formula is C20H29NO. The number of rotatable bonds is 0. The van der Waals surface area contributed by atoms with Crippen LogP contribution in [0.5, 0.6) is 0 Å². The first kappa shape index (κ1) is 14.8. The van der Waals surface area contributed by atoms with Gasteiger partial charge < -0.3 is 5.11 Å². The van der Waals surface area contributed by atoms with Gasteiger partial charge >= 0.3 is 0 Å². The molecule has 1 spiro atoms. The van der Waals surface area contributed by atoms with Gasteiger partial charge in [0.05, 0.1) is 18.1 Å². The molecular weight excluding hydrogens is 270 g/mol. The highest BCUT2D eigenvalue weighted by molar-refractivity contribution is 5.32. The van der Waals surface area contributed by atoms with Gasteiger partial charge in [-0.1, -0.05) is 39.3 Å². The quantitative estimate of drug-likeness (QED) is 0.677. The lowest BCUT2D eigenvalue weighted by Crippen LogP contribution is -2.66. The number of fused-ring (bicyclic) bond motifs is 2. The van der Waals surface area contributed by atoms with Crippen LogP contribution in [0.25, 0.3) is 0 Å². The summed E-state index contributed by atoms with van der Waals surface area (Å²) in [5, 5.41) is 20.6. The predicted molar refractivity (Wildman–Crippen MR) is 86.7 cm³/mol. The lowest BCUT2D eigenvalue weighted by Gasteiger charge is -2.69. The van der Waals surface area contributed by atoms with Gasteiger partial charge in [-0.25, -0.2) is 0 Å². The number of hydrogen-bond donors (Lipinski definition) is 1. The van der Waals surface area contributed by atoms with Gasteiger partial charge in [-0.05, 0) is 54.8 Å². The summed E-state index contributed by atoms with van der Waals surface area (Å²) in [5.74, 6) is 1.60. The first-order valence-electron chi connectivity index (χ1n) is 9.13. The van der Waals surface area contributed by atoms with Crippen molar-refractivity contribution in [3.63, 3.8) is 0 Å². The van der Waals surface area contributed by atoms with Gasteiger partial charge in [0.2, 0.25) is 0 Å². The van der Waals surface area contributed by atoms with Crippen molar-refractivity contribution in [2.45, 2.75) is 65.4 Å². The molecule has 0 aromatic rings. The maximum atomic E-state index is 11.1. The van der Waals surface area contributed by atoms with Crippen LogP contribution in [0.4, 0.5) is 0 Å². The largest absolute Gasteiger partial charge is 0.392 e. The van der Waals surface area contributed by atoms with Crippen molar-refractivity contribution in [3.8, 4) is 6.07 Å². The summed E-state index contributed by atoms with van der Waals surface area (Å²) in [6, 6.07) is 2.52. The zero-order valence-corrected chi connectivity index (χ0v) is 14.2. The maximum Gasteiger partial charge on any atom is 0.0662 e. The van der Waals surface area contributed by atoms with Gasteiger partial charge in [0.1, 0.15) is 0 Å². The minimum absolute atomic E-state index is 0.0860. The summed E-state index contributed by atoms with van der Waals surface area (Å²) in [4.78, 5) is 0. The Bertz CT molecular complexity index is 559. The van der Waals surface area contributed by atoms with Crippen molar-refractivity contribution < 1.29 is 5.11 Å². The van der Waals surface area contributed by atoms with Crippen LogP contribution in [0.15, 0.2) is 12.2 Å². The molecule has 0 radical (unpaired) electrons. The van der Waals surface area contributed by atoms with Crippen molar-refractivity contribution in [2.24, 2.45) is 39.9 Å². The Balaban J connectivity index is 1.79. The van der Waals surface area contributed by atoms with E-state index in [-0.39, 0.29) is 17.4 Å². The second-order valence-electron chi connectivity index (χ2n) is 9.40. The van der Waals surface area contributed by atoms with Gasteiger partial charge in [0.25, 0.3) is 0 Å². The van der Waals surface area contributed by atoms with E-state index in [1.807, 2.05) is 0 Å². The Labute approximate surface area is 134 Å². The van der Waals surface area contributed by atoms with Crippen LogP contribution < -0.4 is 0 Å². The normalized spacial score (nSPS) is 55.1. The molecule has 4 aliphatic rings. The fourth-order valence-corrected chi connectivity index (χ4v) is 7.25. The fourth-order valence-electron chi connectivity index (χ4n) is 7.25. The fraction of sp³-hybridized carbons (Fsp3) is 0.850. The third kappa shape index (κ3) is 1.54. The van der Waals surface area contributed by atoms with E-state index in [2.05, 4.69) is 39.0 Å². The molecule has 4 aliphatic carbocycles. The average molecular weight is 299 g/mol. The summed E-state index contributed by atoms with van der Waals surface area (Å²) < 4.78 is 0. The van der Waals surface area contributed by atoms with Gasteiger partial charge in [-0.3, -0.25) is 0 Å². The molecule has 120 valence electrons. The predicted octanol–water partition coefficient (Wildman–Crippen LogP) is 4.31. The van der Waals surface area contributed by atoms with Crippen molar-refractivity contribution in [2.75, 3.05) is 0 Å². The number of nitriles is 1. The summed E-state index contributed by atoms with van der Waals surface area (Å²) in [6.45, 7) is 7.33. The molecule has 0 saturated heterocycles. The molecule has 0 amide bonds. The molecule has 0 heterocycles. The van der Waals surface area contributed by atoms with E-state index in [4.69, 9.17) is 0 Å². The zero-order valence-electron chi connectivity index (χ0n) is 14.2. The SMILES string of the molecule is CC1(C)CCC[C@]2(C)[C@H]3CC[C@H](C#N)[C@H]4C=C[C@]43[C@H](O)C[C@@H]12. The number of nitrogens with zero attached hydrogens (tertiary/aromatic N) is 1. The van der Waals surface area contributed by atoms with E-state index in [9.17, 15) is 10.4 Å². The highest BCUT2D eigenvalue weighted by atomic mass is 16.3. The highest BCUT2D eigenvalue weighted by Gasteiger charge is 2.68. The van der Waals surface area contributed by atoms with Crippen LogP contribution in [0.2, 0.25) is 0 Å². The summed E-state index contributed by atoms with van der Waals surface area (Å²) in [6.07, 6.45) is 11.3. The molecule has 22 heavy (non-hydrogen) atoms. The number of hydrogen-bond acceptors (Lipinski definition) is 2. The molecule has 0 aromatic heterocycles. The van der Waals surface area contributed by atoms with Crippen molar-refractivity contribution in [1.29, 1.82) is 5.26 Å². The van der Waals surface area contributed by atoms with Crippen LogP contribution in [0, 0.1) is 51.2 Å². The molecule has 2 heteroatoms. The van der Waals surface area contributed by atoms with Gasteiger partial charge in [-0.15, -0.1) is 0 Å². The Morgan fingerprint density at radius 1 is 1.14 bits per heavy atom. The van der Waals surface area contributed by atoms with Crippen molar-refractivity contribution in [3.05, 3.63) is 12.2 Å². The average Bonchev–Trinajstić information content (AvgIpc) is 2.42. The molecule has 0 aromatic carbocycles. The van der Waals surface area contributed by atoms with Gasteiger partial charge in [-0.2, -0.15) is 5.26 Å². The van der Waals surface area contributed by atoms with Crippen LogP contribution in [-0.4, -0.2) is 11.2 Å². The summed E-state index contributed by atoms with van der Waals surface area (Å²) >= 11 is 0. The first-order valence-corrected chi connectivity index (χ1v) is 9.13. The Morgan fingerprint density at radius 3 is 2.55 bits per heavy atom. The minimum atomic E-state index is -0.251. The monoisotopic (exact) mass is 299 g/mol. The molecule has 1 N–H and O–H groups in total.